The van der Waals surface area contributed by atoms with E-state index in [2.05, 4.69) is 15.5 Å². The lowest BCUT2D eigenvalue weighted by Crippen LogP contribution is -2.29. The van der Waals surface area contributed by atoms with E-state index in [1.165, 1.54) is 0 Å². The first-order valence-corrected chi connectivity index (χ1v) is 8.89. The number of likely N-dealkylation sites (tertiary alicyclic amines) is 1. The van der Waals surface area contributed by atoms with Crippen LogP contribution in [-0.2, 0) is 0 Å². The Hall–Kier alpha value is -3.48. The molecule has 1 saturated heterocycles. The third-order valence-electron chi connectivity index (χ3n) is 5.03. The van der Waals surface area contributed by atoms with E-state index in [1.54, 1.807) is 6.20 Å². The van der Waals surface area contributed by atoms with Crippen molar-refractivity contribution in [2.75, 3.05) is 13.1 Å². The molecular weight excluding hydrogens is 342 g/mol. The van der Waals surface area contributed by atoms with Crippen molar-refractivity contribution in [1.29, 1.82) is 0 Å². The first-order chi connectivity index (χ1) is 13.3. The summed E-state index contributed by atoms with van der Waals surface area (Å²) in [5, 5.41) is 12.9. The molecule has 134 valence electrons. The van der Waals surface area contributed by atoms with Crippen LogP contribution in [-0.4, -0.2) is 44.0 Å². The monoisotopic (exact) mass is 359 g/mol. The molecule has 27 heavy (non-hydrogen) atoms. The molecule has 0 saturated carbocycles. The van der Waals surface area contributed by atoms with E-state index in [0.29, 0.717) is 24.4 Å². The van der Waals surface area contributed by atoms with Gasteiger partial charge in [-0.2, -0.15) is 0 Å². The second-order valence-corrected chi connectivity index (χ2v) is 6.69. The van der Waals surface area contributed by atoms with Crippen LogP contribution in [0.5, 0.6) is 0 Å². The maximum atomic E-state index is 13.0. The van der Waals surface area contributed by atoms with Crippen LogP contribution >= 0.6 is 0 Å². The molecule has 0 aliphatic carbocycles. The minimum absolute atomic E-state index is 0.0136. The molecule has 1 fully saturated rings. The number of rotatable bonds is 3. The lowest BCUT2D eigenvalue weighted by molar-refractivity contribution is 0.0787. The zero-order valence-electron chi connectivity index (χ0n) is 14.5. The molecule has 7 nitrogen and oxygen atoms in total. The molecule has 0 bridgehead atoms. The summed E-state index contributed by atoms with van der Waals surface area (Å²) in [4.78, 5) is 14.9. The Morgan fingerprint density at radius 2 is 2.04 bits per heavy atom. The molecule has 1 unspecified atom stereocenters. The highest BCUT2D eigenvalue weighted by atomic mass is 16.5. The first kappa shape index (κ1) is 15.7. The Morgan fingerprint density at radius 3 is 2.85 bits per heavy atom. The van der Waals surface area contributed by atoms with Gasteiger partial charge in [-0.05, 0) is 24.6 Å². The highest BCUT2D eigenvalue weighted by Gasteiger charge is 2.29. The first-order valence-electron chi connectivity index (χ1n) is 8.89. The molecule has 2 aromatic heterocycles. The Labute approximate surface area is 155 Å². The van der Waals surface area contributed by atoms with Gasteiger partial charge in [0.05, 0.1) is 17.6 Å². The number of carbonyl (C=O) groups is 1. The number of benzene rings is 2. The van der Waals surface area contributed by atoms with Crippen molar-refractivity contribution in [1.82, 2.24) is 25.1 Å². The van der Waals surface area contributed by atoms with Crippen molar-refractivity contribution >= 4 is 16.8 Å². The smallest absolute Gasteiger partial charge is 0.253 e. The summed E-state index contributed by atoms with van der Waals surface area (Å²) in [5.41, 5.74) is 2.33. The highest BCUT2D eigenvalue weighted by molar-refractivity contribution is 6.01. The zero-order valence-corrected chi connectivity index (χ0v) is 14.5. The van der Waals surface area contributed by atoms with Gasteiger partial charge in [0.2, 0.25) is 0 Å². The molecule has 1 aliphatic heterocycles. The molecule has 1 atom stereocenters. The highest BCUT2D eigenvalue weighted by Crippen LogP contribution is 2.30. The summed E-state index contributed by atoms with van der Waals surface area (Å²) in [5.74, 6) is 0.696. The molecular formula is C20H17N5O2. The van der Waals surface area contributed by atoms with Crippen molar-refractivity contribution < 1.29 is 9.32 Å². The minimum Gasteiger partial charge on any atom is -0.355 e. The van der Waals surface area contributed by atoms with Crippen LogP contribution in [0.15, 0.2) is 65.4 Å². The molecule has 3 heterocycles. The molecule has 0 N–H and O–H groups in total. The van der Waals surface area contributed by atoms with E-state index in [0.717, 1.165) is 22.9 Å². The minimum atomic E-state index is 0.0136. The van der Waals surface area contributed by atoms with E-state index in [9.17, 15) is 4.79 Å². The van der Waals surface area contributed by atoms with Gasteiger partial charge < -0.3 is 9.42 Å². The maximum absolute atomic E-state index is 13.0. The Kier molecular flexibility index (Phi) is 3.71. The quantitative estimate of drug-likeness (QED) is 0.561. The van der Waals surface area contributed by atoms with Crippen LogP contribution in [0.1, 0.15) is 22.8 Å². The second kappa shape index (κ2) is 6.35. The Bertz CT molecular complexity index is 1090. The van der Waals surface area contributed by atoms with Gasteiger partial charge in [-0.1, -0.05) is 40.7 Å². The van der Waals surface area contributed by atoms with E-state index < -0.39 is 0 Å². The standard InChI is InChI=1S/C20H17N5O2/c26-20(24-10-8-16(13-24)25-11-9-21-23-25)15-6-7-18-17(12-15)19(27-22-18)14-4-2-1-3-5-14/h1-7,9,11-12,16H,8,10,13H2. The van der Waals surface area contributed by atoms with Crippen LogP contribution in [0.2, 0.25) is 0 Å². The van der Waals surface area contributed by atoms with Crippen molar-refractivity contribution in [2.24, 2.45) is 0 Å². The van der Waals surface area contributed by atoms with Gasteiger partial charge in [0.25, 0.3) is 5.91 Å². The van der Waals surface area contributed by atoms with Crippen LogP contribution < -0.4 is 0 Å². The van der Waals surface area contributed by atoms with E-state index in [4.69, 9.17) is 4.52 Å². The van der Waals surface area contributed by atoms with Gasteiger partial charge in [0, 0.05) is 30.4 Å². The van der Waals surface area contributed by atoms with Crippen LogP contribution in [0, 0.1) is 0 Å². The normalized spacial score (nSPS) is 16.9. The molecule has 1 aliphatic rings. The average molecular weight is 359 g/mol. The van der Waals surface area contributed by atoms with E-state index in [1.807, 2.05) is 64.3 Å². The zero-order chi connectivity index (χ0) is 18.2. The van der Waals surface area contributed by atoms with Gasteiger partial charge in [0.15, 0.2) is 5.76 Å². The van der Waals surface area contributed by atoms with Crippen molar-refractivity contribution in [3.05, 3.63) is 66.5 Å². The number of amides is 1. The van der Waals surface area contributed by atoms with E-state index in [-0.39, 0.29) is 11.9 Å². The van der Waals surface area contributed by atoms with Gasteiger partial charge in [-0.25, -0.2) is 4.68 Å². The summed E-state index contributed by atoms with van der Waals surface area (Å²) >= 11 is 0. The van der Waals surface area contributed by atoms with E-state index >= 15 is 0 Å². The summed E-state index contributed by atoms with van der Waals surface area (Å²) in [7, 11) is 0. The lowest BCUT2D eigenvalue weighted by atomic mass is 10.1. The van der Waals surface area contributed by atoms with Gasteiger partial charge in [0.1, 0.15) is 5.52 Å². The maximum Gasteiger partial charge on any atom is 0.253 e. The fraction of sp³-hybridized carbons (Fsp3) is 0.200. The van der Waals surface area contributed by atoms with Crippen molar-refractivity contribution in [2.45, 2.75) is 12.5 Å². The molecule has 2 aromatic carbocycles. The predicted octanol–water partition coefficient (Wildman–Crippen LogP) is 3.17. The van der Waals surface area contributed by atoms with Crippen molar-refractivity contribution in [3.63, 3.8) is 0 Å². The lowest BCUT2D eigenvalue weighted by Gasteiger charge is -2.16. The number of fused-ring (bicyclic) bond motifs is 1. The molecule has 1 amide bonds. The van der Waals surface area contributed by atoms with Gasteiger partial charge in [-0.3, -0.25) is 4.79 Å². The van der Waals surface area contributed by atoms with Crippen LogP contribution in [0.3, 0.4) is 0 Å². The van der Waals surface area contributed by atoms with Crippen LogP contribution in [0.25, 0.3) is 22.2 Å². The average Bonchev–Trinajstić information content (AvgIpc) is 3.47. The Morgan fingerprint density at radius 1 is 1.15 bits per heavy atom. The topological polar surface area (TPSA) is 77.0 Å². The summed E-state index contributed by atoms with van der Waals surface area (Å²) in [6.45, 7) is 1.34. The SMILES string of the molecule is O=C(c1ccc2noc(-c3ccccc3)c2c1)N1CCC(n2ccnn2)C1. The molecule has 5 rings (SSSR count). The third kappa shape index (κ3) is 2.77. The second-order valence-electron chi connectivity index (χ2n) is 6.69. The van der Waals surface area contributed by atoms with Gasteiger partial charge >= 0.3 is 0 Å². The number of hydrogen-bond acceptors (Lipinski definition) is 5. The molecule has 7 heteroatoms. The summed E-state index contributed by atoms with van der Waals surface area (Å²) < 4.78 is 7.36. The summed E-state index contributed by atoms with van der Waals surface area (Å²) in [6.07, 6.45) is 4.38. The predicted molar refractivity (Wildman–Crippen MR) is 99.0 cm³/mol. The Balaban J connectivity index is 1.44. The van der Waals surface area contributed by atoms with Gasteiger partial charge in [-0.15, -0.1) is 5.10 Å². The third-order valence-corrected chi connectivity index (χ3v) is 5.03. The molecule has 0 radical (unpaired) electrons. The largest absolute Gasteiger partial charge is 0.355 e. The van der Waals surface area contributed by atoms with Crippen LogP contribution in [0.4, 0.5) is 0 Å². The fourth-order valence-corrected chi connectivity index (χ4v) is 3.61. The number of nitrogens with zero attached hydrogens (tertiary/aromatic N) is 5. The van der Waals surface area contributed by atoms with Crippen molar-refractivity contribution in [3.8, 4) is 11.3 Å². The summed E-state index contributed by atoms with van der Waals surface area (Å²) in [6, 6.07) is 15.5. The number of hydrogen-bond donors (Lipinski definition) is 0. The number of carbonyl (C=O) groups excluding carboxylic acids is 1. The molecule has 4 aromatic rings. The number of aromatic nitrogens is 4. The molecule has 0 spiro atoms. The fourth-order valence-electron chi connectivity index (χ4n) is 3.61.